The van der Waals surface area contributed by atoms with Crippen molar-refractivity contribution in [3.8, 4) is 0 Å². The number of aromatic nitrogens is 1. The van der Waals surface area contributed by atoms with Gasteiger partial charge in [0, 0.05) is 18.7 Å². The maximum absolute atomic E-state index is 12.5. The number of anilines is 1. The molecule has 1 aliphatic rings. The van der Waals surface area contributed by atoms with Crippen molar-refractivity contribution in [1.82, 2.24) is 9.88 Å². The average Bonchev–Trinajstić information content (AvgIpc) is 2.86. The standard InChI is InChI=1S/C14H21ClN4O/c1-14(2,3)10-4-5-19(8-10)13(20)9-6-11(15)17-12(7-9)18-16/h6-7,10H,4-5,8,16H2,1-3H3,(H,17,18). The van der Waals surface area contributed by atoms with Crippen LogP contribution in [-0.2, 0) is 0 Å². The molecule has 2 rings (SSSR count). The van der Waals surface area contributed by atoms with Crippen LogP contribution in [0.3, 0.4) is 0 Å². The quantitative estimate of drug-likeness (QED) is 0.500. The zero-order chi connectivity index (χ0) is 14.9. The maximum Gasteiger partial charge on any atom is 0.254 e. The van der Waals surface area contributed by atoms with Crippen molar-refractivity contribution in [2.24, 2.45) is 17.2 Å². The molecule has 1 aromatic heterocycles. The lowest BCUT2D eigenvalue weighted by molar-refractivity contribution is 0.0776. The number of carbonyl (C=O) groups excluding carboxylic acids is 1. The van der Waals surface area contributed by atoms with Crippen LogP contribution in [0.5, 0.6) is 0 Å². The molecular weight excluding hydrogens is 276 g/mol. The lowest BCUT2D eigenvalue weighted by Crippen LogP contribution is -2.31. The van der Waals surface area contributed by atoms with Crippen LogP contribution in [0.4, 0.5) is 5.82 Å². The molecule has 1 amide bonds. The second kappa shape index (κ2) is 5.58. The van der Waals surface area contributed by atoms with Crippen molar-refractivity contribution >= 4 is 23.3 Å². The number of pyridine rings is 1. The van der Waals surface area contributed by atoms with Crippen molar-refractivity contribution in [3.05, 3.63) is 22.8 Å². The van der Waals surface area contributed by atoms with Gasteiger partial charge in [-0.25, -0.2) is 10.8 Å². The van der Waals surface area contributed by atoms with Gasteiger partial charge in [-0.1, -0.05) is 32.4 Å². The number of likely N-dealkylation sites (tertiary alicyclic amines) is 1. The zero-order valence-corrected chi connectivity index (χ0v) is 12.9. The second-order valence-electron chi connectivity index (χ2n) is 6.31. The molecule has 1 aromatic rings. The van der Waals surface area contributed by atoms with Crippen LogP contribution >= 0.6 is 11.6 Å². The lowest BCUT2D eigenvalue weighted by atomic mass is 9.80. The van der Waals surface area contributed by atoms with E-state index in [1.165, 1.54) is 0 Å². The van der Waals surface area contributed by atoms with Gasteiger partial charge in [-0.2, -0.15) is 0 Å². The monoisotopic (exact) mass is 296 g/mol. The van der Waals surface area contributed by atoms with Crippen molar-refractivity contribution < 1.29 is 4.79 Å². The van der Waals surface area contributed by atoms with E-state index in [-0.39, 0.29) is 16.5 Å². The van der Waals surface area contributed by atoms with Crippen LogP contribution in [0.25, 0.3) is 0 Å². The van der Waals surface area contributed by atoms with Gasteiger partial charge in [0.1, 0.15) is 11.0 Å². The van der Waals surface area contributed by atoms with Crippen molar-refractivity contribution in [2.45, 2.75) is 27.2 Å². The Labute approximate surface area is 124 Å². The number of nitrogens with zero attached hydrogens (tertiary/aromatic N) is 2. The van der Waals surface area contributed by atoms with Gasteiger partial charge in [0.25, 0.3) is 5.91 Å². The van der Waals surface area contributed by atoms with Crippen LogP contribution in [-0.4, -0.2) is 28.9 Å². The Kier molecular flexibility index (Phi) is 4.20. The molecule has 2 heterocycles. The van der Waals surface area contributed by atoms with E-state index in [0.717, 1.165) is 19.5 Å². The molecule has 20 heavy (non-hydrogen) atoms. The third-order valence-corrected chi connectivity index (χ3v) is 4.08. The Morgan fingerprint density at radius 1 is 1.50 bits per heavy atom. The summed E-state index contributed by atoms with van der Waals surface area (Å²) in [6.45, 7) is 8.21. The van der Waals surface area contributed by atoms with Crippen LogP contribution in [0.15, 0.2) is 12.1 Å². The molecule has 1 atom stereocenters. The molecular formula is C14H21ClN4O. The minimum absolute atomic E-state index is 0.0162. The topological polar surface area (TPSA) is 71.2 Å². The first-order chi connectivity index (χ1) is 9.31. The molecule has 1 saturated heterocycles. The predicted molar refractivity (Wildman–Crippen MR) is 80.5 cm³/mol. The van der Waals surface area contributed by atoms with Crippen molar-refractivity contribution in [3.63, 3.8) is 0 Å². The summed E-state index contributed by atoms with van der Waals surface area (Å²) in [5, 5.41) is 0.260. The molecule has 0 aromatic carbocycles. The van der Waals surface area contributed by atoms with E-state index in [9.17, 15) is 4.79 Å². The van der Waals surface area contributed by atoms with Crippen LogP contribution in [0.2, 0.25) is 5.15 Å². The summed E-state index contributed by atoms with van der Waals surface area (Å²) in [6.07, 6.45) is 1.04. The molecule has 6 heteroatoms. The summed E-state index contributed by atoms with van der Waals surface area (Å²) in [4.78, 5) is 18.4. The zero-order valence-electron chi connectivity index (χ0n) is 12.1. The molecule has 110 valence electrons. The SMILES string of the molecule is CC(C)(C)C1CCN(C(=O)c2cc(Cl)nc(NN)c2)C1. The van der Waals surface area contributed by atoms with Gasteiger partial charge in [0.2, 0.25) is 0 Å². The molecule has 3 N–H and O–H groups in total. The van der Waals surface area contributed by atoms with Gasteiger partial charge in [-0.05, 0) is 29.9 Å². The molecule has 0 bridgehead atoms. The van der Waals surface area contributed by atoms with E-state index in [4.69, 9.17) is 17.4 Å². The Hall–Kier alpha value is -1.33. The van der Waals surface area contributed by atoms with Gasteiger partial charge in [0.05, 0.1) is 0 Å². The summed E-state index contributed by atoms with van der Waals surface area (Å²) in [6, 6.07) is 3.20. The number of nitrogen functional groups attached to an aromatic ring is 1. The third kappa shape index (κ3) is 3.22. The fraction of sp³-hybridized carbons (Fsp3) is 0.571. The fourth-order valence-electron chi connectivity index (χ4n) is 2.53. The number of hydrazine groups is 1. The molecule has 1 aliphatic heterocycles. The minimum Gasteiger partial charge on any atom is -0.338 e. The number of hydrogen-bond acceptors (Lipinski definition) is 4. The van der Waals surface area contributed by atoms with Crippen molar-refractivity contribution in [1.29, 1.82) is 0 Å². The summed E-state index contributed by atoms with van der Waals surface area (Å²) in [5.74, 6) is 6.23. The summed E-state index contributed by atoms with van der Waals surface area (Å²) in [5.41, 5.74) is 3.16. The van der Waals surface area contributed by atoms with E-state index < -0.39 is 0 Å². The smallest absolute Gasteiger partial charge is 0.254 e. The van der Waals surface area contributed by atoms with E-state index in [2.05, 4.69) is 31.2 Å². The van der Waals surface area contributed by atoms with Crippen molar-refractivity contribution in [2.75, 3.05) is 18.5 Å². The van der Waals surface area contributed by atoms with Gasteiger partial charge in [-0.3, -0.25) is 4.79 Å². The van der Waals surface area contributed by atoms with Crippen LogP contribution in [0, 0.1) is 11.3 Å². The van der Waals surface area contributed by atoms with Gasteiger partial charge in [-0.15, -0.1) is 0 Å². The highest BCUT2D eigenvalue weighted by molar-refractivity contribution is 6.29. The molecule has 5 nitrogen and oxygen atoms in total. The summed E-state index contributed by atoms with van der Waals surface area (Å²) >= 11 is 5.90. The molecule has 0 aliphatic carbocycles. The van der Waals surface area contributed by atoms with E-state index in [1.807, 2.05) is 4.90 Å². The summed E-state index contributed by atoms with van der Waals surface area (Å²) < 4.78 is 0. The lowest BCUT2D eigenvalue weighted by Gasteiger charge is -2.27. The second-order valence-corrected chi connectivity index (χ2v) is 6.70. The molecule has 0 spiro atoms. The van der Waals surface area contributed by atoms with Gasteiger partial charge in [0.15, 0.2) is 0 Å². The fourth-order valence-corrected chi connectivity index (χ4v) is 2.74. The van der Waals surface area contributed by atoms with Crippen LogP contribution in [0.1, 0.15) is 37.6 Å². The average molecular weight is 297 g/mol. The van der Waals surface area contributed by atoms with E-state index in [1.54, 1.807) is 12.1 Å². The first-order valence-electron chi connectivity index (χ1n) is 6.74. The number of carbonyl (C=O) groups is 1. The normalized spacial score (nSPS) is 19.2. The molecule has 0 saturated carbocycles. The minimum atomic E-state index is -0.0162. The Morgan fingerprint density at radius 3 is 2.75 bits per heavy atom. The highest BCUT2D eigenvalue weighted by Gasteiger charge is 2.34. The van der Waals surface area contributed by atoms with E-state index >= 15 is 0 Å². The predicted octanol–water partition coefficient (Wildman–Crippen LogP) is 2.53. The third-order valence-electron chi connectivity index (χ3n) is 3.89. The Bertz CT molecular complexity index is 512. The van der Waals surface area contributed by atoms with E-state index in [0.29, 0.717) is 17.3 Å². The number of nitrogens with one attached hydrogen (secondary N) is 1. The molecule has 1 fully saturated rings. The summed E-state index contributed by atoms with van der Waals surface area (Å²) in [7, 11) is 0. The molecule has 1 unspecified atom stereocenters. The van der Waals surface area contributed by atoms with Gasteiger partial charge >= 0.3 is 0 Å². The number of rotatable bonds is 2. The Balaban J connectivity index is 2.15. The number of nitrogens with two attached hydrogens (primary N) is 1. The number of hydrogen-bond donors (Lipinski definition) is 2. The largest absolute Gasteiger partial charge is 0.338 e. The maximum atomic E-state index is 12.5. The van der Waals surface area contributed by atoms with Gasteiger partial charge < -0.3 is 10.3 Å². The first-order valence-corrected chi connectivity index (χ1v) is 7.12. The highest BCUT2D eigenvalue weighted by atomic mass is 35.5. The number of halogens is 1. The highest BCUT2D eigenvalue weighted by Crippen LogP contribution is 2.34. The van der Waals surface area contributed by atoms with Crippen LogP contribution < -0.4 is 11.3 Å². The molecule has 0 radical (unpaired) electrons. The number of amides is 1. The Morgan fingerprint density at radius 2 is 2.20 bits per heavy atom. The first kappa shape index (κ1) is 15.1.